The minimum absolute atomic E-state index is 0.754. The van der Waals surface area contributed by atoms with Gasteiger partial charge in [0.25, 0.3) is 0 Å². The van der Waals surface area contributed by atoms with Gasteiger partial charge in [-0.15, -0.1) is 5.10 Å². The summed E-state index contributed by atoms with van der Waals surface area (Å²) in [4.78, 5) is 0. The number of halogens is 1. The number of tetrazole rings is 1. The summed E-state index contributed by atoms with van der Waals surface area (Å²) >= 11 is 7.57. The minimum Gasteiger partial charge on any atom is -0.315 e. The summed E-state index contributed by atoms with van der Waals surface area (Å²) in [6.45, 7) is 4.67. The maximum Gasteiger partial charge on any atom is 0.209 e. The highest BCUT2D eigenvalue weighted by Crippen LogP contribution is 2.21. The number of aromatic nitrogens is 4. The van der Waals surface area contributed by atoms with Crippen molar-refractivity contribution in [1.29, 1.82) is 0 Å². The molecule has 0 aliphatic carbocycles. The molecule has 19 heavy (non-hydrogen) atoms. The summed E-state index contributed by atoms with van der Waals surface area (Å²) in [5.74, 6) is 0.808. The molecular formula is C12H16ClN5S. The normalized spacial score (nSPS) is 10.8. The molecular weight excluding hydrogens is 282 g/mol. The van der Waals surface area contributed by atoms with Gasteiger partial charge in [-0.05, 0) is 34.7 Å². The second kappa shape index (κ2) is 7.47. The van der Waals surface area contributed by atoms with Gasteiger partial charge in [-0.1, -0.05) is 42.4 Å². The third kappa shape index (κ3) is 4.49. The molecule has 5 nitrogen and oxygen atoms in total. The molecule has 0 aliphatic heterocycles. The monoisotopic (exact) mass is 297 g/mol. The van der Waals surface area contributed by atoms with Crippen LogP contribution in [0.25, 0.3) is 0 Å². The van der Waals surface area contributed by atoms with E-state index in [0.717, 1.165) is 35.6 Å². The Balaban J connectivity index is 1.90. The predicted octanol–water partition coefficient (Wildman–Crippen LogP) is 2.23. The van der Waals surface area contributed by atoms with Gasteiger partial charge in [-0.2, -0.15) is 0 Å². The van der Waals surface area contributed by atoms with Crippen molar-refractivity contribution in [2.45, 2.75) is 24.4 Å². The summed E-state index contributed by atoms with van der Waals surface area (Å²) in [5, 5.41) is 16.6. The first kappa shape index (κ1) is 14.3. The highest BCUT2D eigenvalue weighted by Gasteiger charge is 2.06. The highest BCUT2D eigenvalue weighted by molar-refractivity contribution is 7.98. The Morgan fingerprint density at radius 1 is 1.42 bits per heavy atom. The average molecular weight is 298 g/mol. The van der Waals surface area contributed by atoms with E-state index in [9.17, 15) is 0 Å². The Morgan fingerprint density at radius 2 is 2.32 bits per heavy atom. The Morgan fingerprint density at radius 3 is 3.11 bits per heavy atom. The second-order valence-electron chi connectivity index (χ2n) is 3.96. The number of nitrogens with zero attached hydrogens (tertiary/aromatic N) is 4. The smallest absolute Gasteiger partial charge is 0.209 e. The van der Waals surface area contributed by atoms with E-state index in [-0.39, 0.29) is 0 Å². The van der Waals surface area contributed by atoms with Crippen LogP contribution in [0.4, 0.5) is 0 Å². The Labute approximate surface area is 121 Å². The molecule has 7 heteroatoms. The Bertz CT molecular complexity index is 516. The first-order valence-corrected chi connectivity index (χ1v) is 7.50. The molecule has 2 aromatic rings. The molecule has 1 aromatic heterocycles. The van der Waals surface area contributed by atoms with E-state index in [1.165, 1.54) is 5.56 Å². The minimum atomic E-state index is 0.754. The van der Waals surface area contributed by atoms with E-state index in [1.807, 2.05) is 28.9 Å². The lowest BCUT2D eigenvalue weighted by molar-refractivity contribution is 0.517. The highest BCUT2D eigenvalue weighted by atomic mass is 35.5. The van der Waals surface area contributed by atoms with Crippen LogP contribution in [0.15, 0.2) is 29.4 Å². The first-order chi connectivity index (χ1) is 9.29. The maximum atomic E-state index is 5.96. The number of nitrogens with one attached hydrogen (secondary N) is 1. The molecule has 0 aliphatic rings. The fourth-order valence-corrected chi connectivity index (χ4v) is 2.64. The molecule has 0 fully saturated rings. The number of rotatable bonds is 7. The summed E-state index contributed by atoms with van der Waals surface area (Å²) in [6.07, 6.45) is 0. The summed E-state index contributed by atoms with van der Waals surface area (Å²) in [5.41, 5.74) is 1.17. The van der Waals surface area contributed by atoms with Crippen molar-refractivity contribution in [3.63, 3.8) is 0 Å². The number of hydrogen-bond acceptors (Lipinski definition) is 5. The van der Waals surface area contributed by atoms with Gasteiger partial charge in [0.15, 0.2) is 0 Å². The van der Waals surface area contributed by atoms with E-state index in [4.69, 9.17) is 11.6 Å². The first-order valence-electron chi connectivity index (χ1n) is 6.13. The Hall–Kier alpha value is -1.11. The van der Waals surface area contributed by atoms with Crippen molar-refractivity contribution < 1.29 is 0 Å². The zero-order valence-corrected chi connectivity index (χ0v) is 12.3. The molecule has 102 valence electrons. The predicted molar refractivity (Wildman–Crippen MR) is 77.4 cm³/mol. The van der Waals surface area contributed by atoms with Crippen molar-refractivity contribution in [3.8, 4) is 0 Å². The SMILES string of the molecule is CCNCCn1nnnc1SCc1cccc(Cl)c1. The van der Waals surface area contributed by atoms with Crippen molar-refractivity contribution in [2.75, 3.05) is 13.1 Å². The molecule has 1 aromatic carbocycles. The fourth-order valence-electron chi connectivity index (χ4n) is 1.58. The quantitative estimate of drug-likeness (QED) is 0.627. The van der Waals surface area contributed by atoms with E-state index in [2.05, 4.69) is 27.8 Å². The van der Waals surface area contributed by atoms with Gasteiger partial charge in [-0.25, -0.2) is 4.68 Å². The van der Waals surface area contributed by atoms with E-state index < -0.39 is 0 Å². The van der Waals surface area contributed by atoms with E-state index in [0.29, 0.717) is 0 Å². The second-order valence-corrected chi connectivity index (χ2v) is 5.34. The van der Waals surface area contributed by atoms with Crippen LogP contribution in [-0.2, 0) is 12.3 Å². The van der Waals surface area contributed by atoms with Gasteiger partial charge in [-0.3, -0.25) is 0 Å². The lowest BCUT2D eigenvalue weighted by atomic mass is 10.2. The van der Waals surface area contributed by atoms with Crippen LogP contribution >= 0.6 is 23.4 Å². The van der Waals surface area contributed by atoms with Gasteiger partial charge >= 0.3 is 0 Å². The van der Waals surface area contributed by atoms with Crippen LogP contribution in [0, 0.1) is 0 Å². The van der Waals surface area contributed by atoms with Crippen molar-refractivity contribution >= 4 is 23.4 Å². The summed E-state index contributed by atoms with van der Waals surface area (Å²) in [7, 11) is 0. The third-order valence-corrected chi connectivity index (χ3v) is 3.77. The molecule has 0 saturated heterocycles. The van der Waals surface area contributed by atoms with Crippen molar-refractivity contribution in [3.05, 3.63) is 34.9 Å². The lowest BCUT2D eigenvalue weighted by Crippen LogP contribution is -2.20. The molecule has 0 bridgehead atoms. The molecule has 1 N–H and O–H groups in total. The van der Waals surface area contributed by atoms with Crippen LogP contribution in [0.5, 0.6) is 0 Å². The van der Waals surface area contributed by atoms with Gasteiger partial charge in [0.2, 0.25) is 5.16 Å². The molecule has 0 atom stereocenters. The standard InChI is InChI=1S/C12H16ClN5S/c1-2-14-6-7-18-12(15-16-17-18)19-9-10-4-3-5-11(13)8-10/h3-5,8,14H,2,6-7,9H2,1H3. The molecule has 0 saturated carbocycles. The van der Waals surface area contributed by atoms with Gasteiger partial charge in [0.1, 0.15) is 0 Å². The van der Waals surface area contributed by atoms with Gasteiger partial charge in [0, 0.05) is 17.3 Å². The number of thioether (sulfide) groups is 1. The molecule has 0 unspecified atom stereocenters. The van der Waals surface area contributed by atoms with Crippen LogP contribution < -0.4 is 5.32 Å². The summed E-state index contributed by atoms with van der Waals surface area (Å²) in [6, 6.07) is 7.83. The largest absolute Gasteiger partial charge is 0.315 e. The average Bonchev–Trinajstić information content (AvgIpc) is 2.84. The van der Waals surface area contributed by atoms with Crippen LogP contribution in [-0.4, -0.2) is 33.3 Å². The third-order valence-electron chi connectivity index (χ3n) is 2.51. The molecule has 2 rings (SSSR count). The van der Waals surface area contributed by atoms with Crippen LogP contribution in [0.3, 0.4) is 0 Å². The van der Waals surface area contributed by atoms with E-state index in [1.54, 1.807) is 11.8 Å². The lowest BCUT2D eigenvalue weighted by Gasteiger charge is -2.05. The molecule has 0 spiro atoms. The van der Waals surface area contributed by atoms with Crippen LogP contribution in [0.1, 0.15) is 12.5 Å². The summed E-state index contributed by atoms with van der Waals surface area (Å²) < 4.78 is 1.82. The number of hydrogen-bond donors (Lipinski definition) is 1. The molecule has 0 amide bonds. The topological polar surface area (TPSA) is 55.6 Å². The number of likely N-dealkylation sites (N-methyl/N-ethyl adjacent to an activating group) is 1. The fraction of sp³-hybridized carbons (Fsp3) is 0.417. The zero-order valence-electron chi connectivity index (χ0n) is 10.7. The van der Waals surface area contributed by atoms with Crippen molar-refractivity contribution in [2.24, 2.45) is 0 Å². The maximum absolute atomic E-state index is 5.96. The van der Waals surface area contributed by atoms with Crippen molar-refractivity contribution in [1.82, 2.24) is 25.5 Å². The zero-order chi connectivity index (χ0) is 13.5. The Kier molecular flexibility index (Phi) is 5.62. The molecule has 1 heterocycles. The number of benzene rings is 1. The van der Waals surface area contributed by atoms with Gasteiger partial charge in [0.05, 0.1) is 6.54 Å². The van der Waals surface area contributed by atoms with Gasteiger partial charge < -0.3 is 5.32 Å². The molecule has 0 radical (unpaired) electrons. The van der Waals surface area contributed by atoms with E-state index >= 15 is 0 Å². The van der Waals surface area contributed by atoms with Crippen LogP contribution in [0.2, 0.25) is 5.02 Å².